The van der Waals surface area contributed by atoms with Gasteiger partial charge in [-0.05, 0) is 50.3 Å². The molecule has 1 N–H and O–H groups in total. The highest BCUT2D eigenvalue weighted by atomic mass is 35.5. The molecule has 2 heterocycles. The van der Waals surface area contributed by atoms with Gasteiger partial charge in [-0.2, -0.15) is 0 Å². The van der Waals surface area contributed by atoms with Crippen LogP contribution in [0.5, 0.6) is 11.5 Å². The van der Waals surface area contributed by atoms with E-state index in [0.717, 1.165) is 37.9 Å². The van der Waals surface area contributed by atoms with Gasteiger partial charge in [-0.3, -0.25) is 9.69 Å². The molecule has 3 fully saturated rings. The molecule has 0 unspecified atom stereocenters. The van der Waals surface area contributed by atoms with E-state index in [2.05, 4.69) is 10.2 Å². The van der Waals surface area contributed by atoms with Crippen molar-refractivity contribution >= 4 is 17.5 Å². The summed E-state index contributed by atoms with van der Waals surface area (Å²) in [5, 5.41) is 3.68. The Hall–Kier alpha value is -1.50. The fraction of sp³-hybridized carbons (Fsp3) is 0.650. The van der Waals surface area contributed by atoms with Crippen molar-refractivity contribution in [2.45, 2.75) is 63.4 Å². The van der Waals surface area contributed by atoms with Crippen molar-refractivity contribution < 1.29 is 19.0 Å². The number of carbonyl (C=O) groups excluding carboxylic acids is 1. The van der Waals surface area contributed by atoms with Crippen LogP contribution < -0.4 is 14.8 Å². The van der Waals surface area contributed by atoms with Crippen molar-refractivity contribution in [3.63, 3.8) is 0 Å². The number of fused-ring (bicyclic) bond motifs is 1. The maximum absolute atomic E-state index is 12.8. The number of likely N-dealkylation sites (tertiary alicyclic amines) is 1. The fourth-order valence-electron chi connectivity index (χ4n) is 4.20. The van der Waals surface area contributed by atoms with Crippen LogP contribution in [-0.2, 0) is 16.1 Å². The predicted octanol–water partition coefficient (Wildman–Crippen LogP) is 2.76. The number of hydrogen-bond donors (Lipinski definition) is 1. The minimum Gasteiger partial charge on any atom is -0.493 e. The van der Waals surface area contributed by atoms with Gasteiger partial charge < -0.3 is 19.5 Å². The number of carbonyl (C=O) groups is 1. The topological polar surface area (TPSA) is 60.0 Å². The zero-order valence-corrected chi connectivity index (χ0v) is 16.6. The van der Waals surface area contributed by atoms with Crippen molar-refractivity contribution in [2.75, 3.05) is 20.3 Å². The molecule has 3 atom stereocenters. The van der Waals surface area contributed by atoms with Crippen molar-refractivity contribution in [3.05, 3.63) is 22.7 Å². The molecular weight excluding hydrogens is 368 g/mol. The van der Waals surface area contributed by atoms with Gasteiger partial charge in [0.05, 0.1) is 30.9 Å². The van der Waals surface area contributed by atoms with Crippen LogP contribution in [0.3, 0.4) is 0 Å². The molecular formula is C20H27ClN2O4. The Morgan fingerprint density at radius 3 is 2.89 bits per heavy atom. The van der Waals surface area contributed by atoms with E-state index in [1.807, 2.05) is 19.1 Å². The minimum atomic E-state index is -0.155. The number of halogens is 1. The molecule has 148 valence electrons. The van der Waals surface area contributed by atoms with Crippen molar-refractivity contribution in [3.8, 4) is 11.5 Å². The number of methoxy groups -OCH3 is 1. The molecule has 6 nitrogen and oxygen atoms in total. The van der Waals surface area contributed by atoms with Gasteiger partial charge in [-0.25, -0.2) is 0 Å². The highest BCUT2D eigenvalue weighted by Gasteiger charge is 2.48. The van der Waals surface area contributed by atoms with Crippen LogP contribution in [0, 0.1) is 0 Å². The summed E-state index contributed by atoms with van der Waals surface area (Å²) in [6, 6.07) is 4.35. The van der Waals surface area contributed by atoms with Crippen LogP contribution in [0.25, 0.3) is 0 Å². The Morgan fingerprint density at radius 2 is 2.19 bits per heavy atom. The molecule has 1 saturated carbocycles. The van der Waals surface area contributed by atoms with Crippen LogP contribution in [0.4, 0.5) is 0 Å². The van der Waals surface area contributed by atoms with Crippen LogP contribution in [0.15, 0.2) is 12.1 Å². The van der Waals surface area contributed by atoms with Gasteiger partial charge in [-0.15, -0.1) is 0 Å². The number of amides is 1. The molecule has 4 rings (SSSR count). The van der Waals surface area contributed by atoms with Gasteiger partial charge in [0.1, 0.15) is 0 Å². The van der Waals surface area contributed by atoms with Crippen LogP contribution in [0.1, 0.15) is 38.2 Å². The van der Waals surface area contributed by atoms with Crippen LogP contribution in [-0.4, -0.2) is 55.4 Å². The summed E-state index contributed by atoms with van der Waals surface area (Å²) in [5.74, 6) is 1.31. The second-order valence-corrected chi connectivity index (χ2v) is 7.92. The summed E-state index contributed by atoms with van der Waals surface area (Å²) in [6.07, 6.45) is 4.03. The molecule has 1 aliphatic carbocycles. The molecule has 1 amide bonds. The van der Waals surface area contributed by atoms with Gasteiger partial charge >= 0.3 is 0 Å². The lowest BCUT2D eigenvalue weighted by Gasteiger charge is -2.28. The van der Waals surface area contributed by atoms with Gasteiger partial charge in [0.15, 0.2) is 11.5 Å². The number of hydrogen-bond acceptors (Lipinski definition) is 5. The molecule has 7 heteroatoms. The molecule has 0 radical (unpaired) electrons. The first kappa shape index (κ1) is 18.8. The van der Waals surface area contributed by atoms with Gasteiger partial charge in [0.25, 0.3) is 0 Å². The van der Waals surface area contributed by atoms with E-state index in [1.165, 1.54) is 0 Å². The second-order valence-electron chi connectivity index (χ2n) is 7.51. The summed E-state index contributed by atoms with van der Waals surface area (Å²) < 4.78 is 17.0. The lowest BCUT2D eigenvalue weighted by molar-refractivity contribution is -0.126. The first-order chi connectivity index (χ1) is 13.1. The molecule has 3 aliphatic rings. The van der Waals surface area contributed by atoms with Gasteiger partial charge in [0.2, 0.25) is 5.91 Å². The highest BCUT2D eigenvalue weighted by Crippen LogP contribution is 2.39. The lowest BCUT2D eigenvalue weighted by Crippen LogP contribution is -2.46. The summed E-state index contributed by atoms with van der Waals surface area (Å²) in [4.78, 5) is 15.1. The standard InChI is InChI=1S/C20H27ClN2O4/c1-3-26-19-14(21)8-12(9-18(19)25-2)11-23-15-6-7-27-17(15)10-16(23)20(24)22-13-4-5-13/h8-9,13,15-17H,3-7,10-11H2,1-2H3,(H,22,24)/t15-,16-,17-/m0/s1. The van der Waals surface area contributed by atoms with E-state index in [1.54, 1.807) is 7.11 Å². The van der Waals surface area contributed by atoms with Crippen molar-refractivity contribution in [1.82, 2.24) is 10.2 Å². The number of rotatable bonds is 7. The maximum atomic E-state index is 12.8. The third-order valence-electron chi connectivity index (χ3n) is 5.63. The normalized spacial score (nSPS) is 27.4. The monoisotopic (exact) mass is 394 g/mol. The SMILES string of the molecule is CCOc1c(Cl)cc(CN2[C@H](C(=O)NC3CC3)C[C@@H]3OCC[C@@H]32)cc1OC. The summed E-state index contributed by atoms with van der Waals surface area (Å²) in [5.41, 5.74) is 1.01. The van der Waals surface area contributed by atoms with Crippen molar-refractivity contribution in [1.29, 1.82) is 0 Å². The van der Waals surface area contributed by atoms with Crippen LogP contribution >= 0.6 is 11.6 Å². The fourth-order valence-corrected chi connectivity index (χ4v) is 4.49. The first-order valence-corrected chi connectivity index (χ1v) is 10.2. The Bertz CT molecular complexity index is 709. The average Bonchev–Trinajstić information content (AvgIpc) is 3.22. The third kappa shape index (κ3) is 3.89. The van der Waals surface area contributed by atoms with E-state index in [0.29, 0.717) is 35.7 Å². The molecule has 2 aliphatic heterocycles. The Kier molecular flexibility index (Phi) is 5.48. The molecule has 0 bridgehead atoms. The number of nitrogens with one attached hydrogen (secondary N) is 1. The quantitative estimate of drug-likeness (QED) is 0.770. The van der Waals surface area contributed by atoms with E-state index < -0.39 is 0 Å². The lowest BCUT2D eigenvalue weighted by atomic mass is 10.1. The zero-order chi connectivity index (χ0) is 19.0. The number of benzene rings is 1. The van der Waals surface area contributed by atoms with E-state index >= 15 is 0 Å². The first-order valence-electron chi connectivity index (χ1n) is 9.77. The van der Waals surface area contributed by atoms with E-state index in [4.69, 9.17) is 25.8 Å². The van der Waals surface area contributed by atoms with Crippen LogP contribution in [0.2, 0.25) is 5.02 Å². The Labute approximate surface area is 165 Å². The maximum Gasteiger partial charge on any atom is 0.237 e. The third-order valence-corrected chi connectivity index (χ3v) is 5.91. The summed E-state index contributed by atoms with van der Waals surface area (Å²) >= 11 is 6.44. The minimum absolute atomic E-state index is 0.125. The van der Waals surface area contributed by atoms with Gasteiger partial charge in [0, 0.05) is 25.2 Å². The predicted molar refractivity (Wildman–Crippen MR) is 102 cm³/mol. The van der Waals surface area contributed by atoms with E-state index in [-0.39, 0.29) is 24.1 Å². The molecule has 0 spiro atoms. The largest absolute Gasteiger partial charge is 0.493 e. The molecule has 1 aromatic rings. The smallest absolute Gasteiger partial charge is 0.237 e. The van der Waals surface area contributed by atoms with Gasteiger partial charge in [-0.1, -0.05) is 11.6 Å². The highest BCUT2D eigenvalue weighted by molar-refractivity contribution is 6.32. The zero-order valence-electron chi connectivity index (χ0n) is 15.9. The molecule has 1 aromatic carbocycles. The van der Waals surface area contributed by atoms with E-state index in [9.17, 15) is 4.79 Å². The van der Waals surface area contributed by atoms with Crippen molar-refractivity contribution in [2.24, 2.45) is 0 Å². The Balaban J connectivity index is 1.56. The summed E-state index contributed by atoms with van der Waals surface area (Å²) in [7, 11) is 1.61. The second kappa shape index (κ2) is 7.86. The number of nitrogens with zero attached hydrogens (tertiary/aromatic N) is 1. The number of ether oxygens (including phenoxy) is 3. The molecule has 2 saturated heterocycles. The Morgan fingerprint density at radius 1 is 1.37 bits per heavy atom. The average molecular weight is 395 g/mol. The summed E-state index contributed by atoms with van der Waals surface area (Å²) in [6.45, 7) is 3.83. The molecule has 27 heavy (non-hydrogen) atoms. The molecule has 0 aromatic heterocycles.